The fourth-order valence-electron chi connectivity index (χ4n) is 3.37. The standard InChI is InChI=1S/C24H24ClN3O2/c25-21-7-9-23(10-8-21)30-15-13-28-12-2-5-22(28)18-27(19-24-6-3-14-29-24)17-20-4-1-11-26-16-20/h1-12,14,16H,13,15,17-19H2. The van der Waals surface area contributed by atoms with Crippen LogP contribution in [-0.4, -0.2) is 21.1 Å². The third-order valence-electron chi connectivity index (χ3n) is 4.81. The van der Waals surface area contributed by atoms with Gasteiger partial charge in [0.25, 0.3) is 0 Å². The number of rotatable bonds is 10. The molecule has 0 spiro atoms. The normalized spacial score (nSPS) is 11.1. The molecule has 0 radical (unpaired) electrons. The van der Waals surface area contributed by atoms with Gasteiger partial charge >= 0.3 is 0 Å². The van der Waals surface area contributed by atoms with E-state index in [1.807, 2.05) is 48.7 Å². The van der Waals surface area contributed by atoms with Gasteiger partial charge in [0.2, 0.25) is 0 Å². The molecule has 6 heteroatoms. The Morgan fingerprint density at radius 2 is 1.87 bits per heavy atom. The van der Waals surface area contributed by atoms with E-state index >= 15 is 0 Å². The van der Waals surface area contributed by atoms with E-state index < -0.39 is 0 Å². The van der Waals surface area contributed by atoms with Crippen LogP contribution in [0.5, 0.6) is 5.75 Å². The Morgan fingerprint density at radius 3 is 2.63 bits per heavy atom. The molecule has 154 valence electrons. The van der Waals surface area contributed by atoms with Crippen molar-refractivity contribution in [1.82, 2.24) is 14.5 Å². The highest BCUT2D eigenvalue weighted by atomic mass is 35.5. The van der Waals surface area contributed by atoms with Crippen LogP contribution in [0.1, 0.15) is 17.0 Å². The molecule has 0 fully saturated rings. The first-order valence-corrected chi connectivity index (χ1v) is 10.3. The van der Waals surface area contributed by atoms with Crippen molar-refractivity contribution in [3.05, 3.63) is 108 Å². The highest BCUT2D eigenvalue weighted by Gasteiger charge is 2.12. The highest BCUT2D eigenvalue weighted by Crippen LogP contribution is 2.17. The van der Waals surface area contributed by atoms with E-state index in [0.717, 1.165) is 37.7 Å². The molecule has 3 aromatic heterocycles. The summed E-state index contributed by atoms with van der Waals surface area (Å²) in [6.45, 7) is 3.68. The van der Waals surface area contributed by atoms with Crippen LogP contribution in [0.25, 0.3) is 0 Å². The summed E-state index contributed by atoms with van der Waals surface area (Å²) in [7, 11) is 0. The molecule has 0 saturated carbocycles. The highest BCUT2D eigenvalue weighted by molar-refractivity contribution is 6.30. The molecule has 0 atom stereocenters. The fourth-order valence-corrected chi connectivity index (χ4v) is 3.50. The van der Waals surface area contributed by atoms with Crippen molar-refractivity contribution in [2.75, 3.05) is 6.61 Å². The molecule has 0 aliphatic heterocycles. The van der Waals surface area contributed by atoms with Gasteiger partial charge in [-0.2, -0.15) is 0 Å². The summed E-state index contributed by atoms with van der Waals surface area (Å²) in [5.74, 6) is 1.77. The van der Waals surface area contributed by atoms with Crippen LogP contribution in [0.15, 0.2) is 89.9 Å². The Morgan fingerprint density at radius 1 is 0.967 bits per heavy atom. The van der Waals surface area contributed by atoms with E-state index in [1.165, 1.54) is 11.3 Å². The van der Waals surface area contributed by atoms with Gasteiger partial charge in [0.05, 0.1) is 19.4 Å². The topological polar surface area (TPSA) is 43.4 Å². The average molecular weight is 422 g/mol. The van der Waals surface area contributed by atoms with E-state index in [-0.39, 0.29) is 0 Å². The maximum atomic E-state index is 5.93. The maximum absolute atomic E-state index is 5.93. The van der Waals surface area contributed by atoms with Crippen LogP contribution in [-0.2, 0) is 26.2 Å². The summed E-state index contributed by atoms with van der Waals surface area (Å²) >= 11 is 5.93. The van der Waals surface area contributed by atoms with Gasteiger partial charge in [0.1, 0.15) is 18.1 Å². The van der Waals surface area contributed by atoms with Crippen LogP contribution in [0.3, 0.4) is 0 Å². The van der Waals surface area contributed by atoms with Crippen LogP contribution < -0.4 is 4.74 Å². The van der Waals surface area contributed by atoms with Crippen LogP contribution in [0.4, 0.5) is 0 Å². The molecular formula is C24H24ClN3O2. The number of ether oxygens (including phenoxy) is 1. The van der Waals surface area contributed by atoms with Crippen molar-refractivity contribution in [3.8, 4) is 5.75 Å². The maximum Gasteiger partial charge on any atom is 0.119 e. The first-order chi connectivity index (χ1) is 14.8. The van der Waals surface area contributed by atoms with Gasteiger partial charge in [-0.25, -0.2) is 0 Å². The summed E-state index contributed by atoms with van der Waals surface area (Å²) in [4.78, 5) is 6.59. The minimum atomic E-state index is 0.587. The molecule has 0 unspecified atom stereocenters. The molecule has 1 aromatic carbocycles. The van der Waals surface area contributed by atoms with Crippen LogP contribution >= 0.6 is 11.6 Å². The number of pyridine rings is 1. The number of hydrogen-bond acceptors (Lipinski definition) is 4. The Kier molecular flexibility index (Phi) is 6.85. The molecular weight excluding hydrogens is 398 g/mol. The van der Waals surface area contributed by atoms with Gasteiger partial charge in [-0.05, 0) is 60.2 Å². The number of furan rings is 1. The number of halogens is 1. The molecule has 0 aliphatic rings. The van der Waals surface area contributed by atoms with Gasteiger partial charge in [0.15, 0.2) is 0 Å². The Bertz CT molecular complexity index is 1010. The van der Waals surface area contributed by atoms with Crippen molar-refractivity contribution in [2.24, 2.45) is 0 Å². The van der Waals surface area contributed by atoms with Crippen LogP contribution in [0.2, 0.25) is 5.02 Å². The van der Waals surface area contributed by atoms with Crippen molar-refractivity contribution >= 4 is 11.6 Å². The molecule has 0 saturated heterocycles. The summed E-state index contributed by atoms with van der Waals surface area (Å²) in [6.07, 6.45) is 7.52. The first kappa shape index (κ1) is 20.3. The molecule has 5 nitrogen and oxygen atoms in total. The van der Waals surface area contributed by atoms with E-state index in [2.05, 4.69) is 38.8 Å². The van der Waals surface area contributed by atoms with Gasteiger partial charge < -0.3 is 13.7 Å². The second kappa shape index (κ2) is 10.1. The van der Waals surface area contributed by atoms with Crippen LogP contribution in [0, 0.1) is 0 Å². The molecule has 3 heterocycles. The third-order valence-corrected chi connectivity index (χ3v) is 5.06. The summed E-state index contributed by atoms with van der Waals surface area (Å²) < 4.78 is 13.7. The summed E-state index contributed by atoms with van der Waals surface area (Å²) in [5.41, 5.74) is 2.40. The average Bonchev–Trinajstić information content (AvgIpc) is 3.43. The monoisotopic (exact) mass is 421 g/mol. The van der Waals surface area contributed by atoms with Gasteiger partial charge in [-0.15, -0.1) is 0 Å². The number of hydrogen-bond donors (Lipinski definition) is 0. The Hall–Kier alpha value is -3.02. The predicted molar refractivity (Wildman–Crippen MR) is 117 cm³/mol. The molecule has 0 N–H and O–H groups in total. The minimum absolute atomic E-state index is 0.587. The van der Waals surface area contributed by atoms with Crippen molar-refractivity contribution in [1.29, 1.82) is 0 Å². The summed E-state index contributed by atoms with van der Waals surface area (Å²) in [6, 6.07) is 19.7. The quantitative estimate of drug-likeness (QED) is 0.343. The Balaban J connectivity index is 1.40. The molecule has 0 aliphatic carbocycles. The first-order valence-electron chi connectivity index (χ1n) is 9.92. The molecule has 0 bridgehead atoms. The molecule has 4 rings (SSSR count). The smallest absolute Gasteiger partial charge is 0.119 e. The van der Waals surface area contributed by atoms with Crippen molar-refractivity contribution in [2.45, 2.75) is 26.2 Å². The fraction of sp³-hybridized carbons (Fsp3) is 0.208. The number of benzene rings is 1. The zero-order chi connectivity index (χ0) is 20.6. The summed E-state index contributed by atoms with van der Waals surface area (Å²) in [5, 5.41) is 0.709. The lowest BCUT2D eigenvalue weighted by atomic mass is 10.2. The minimum Gasteiger partial charge on any atom is -0.492 e. The van der Waals surface area contributed by atoms with Gasteiger partial charge in [0, 0.05) is 42.4 Å². The molecule has 30 heavy (non-hydrogen) atoms. The third kappa shape index (κ3) is 5.75. The second-order valence-electron chi connectivity index (χ2n) is 7.08. The molecule has 4 aromatic rings. The van der Waals surface area contributed by atoms with Crippen molar-refractivity contribution in [3.63, 3.8) is 0 Å². The van der Waals surface area contributed by atoms with E-state index in [1.54, 1.807) is 12.5 Å². The van der Waals surface area contributed by atoms with Crippen molar-refractivity contribution < 1.29 is 9.15 Å². The molecule has 0 amide bonds. The number of aromatic nitrogens is 2. The lowest BCUT2D eigenvalue weighted by Gasteiger charge is -2.22. The number of nitrogens with zero attached hydrogens (tertiary/aromatic N) is 3. The predicted octanol–water partition coefficient (Wildman–Crippen LogP) is 5.41. The van der Waals surface area contributed by atoms with E-state index in [9.17, 15) is 0 Å². The van der Waals surface area contributed by atoms with Gasteiger partial charge in [-0.3, -0.25) is 9.88 Å². The Labute approximate surface area is 181 Å². The SMILES string of the molecule is Clc1ccc(OCCn2cccc2CN(Cc2cccnc2)Cc2ccco2)cc1. The van der Waals surface area contributed by atoms with Gasteiger partial charge in [-0.1, -0.05) is 17.7 Å². The zero-order valence-electron chi connectivity index (χ0n) is 16.7. The van der Waals surface area contributed by atoms with E-state index in [0.29, 0.717) is 11.6 Å². The lowest BCUT2D eigenvalue weighted by Crippen LogP contribution is -2.24. The largest absolute Gasteiger partial charge is 0.492 e. The zero-order valence-corrected chi connectivity index (χ0v) is 17.4. The second-order valence-corrected chi connectivity index (χ2v) is 7.52. The lowest BCUT2D eigenvalue weighted by molar-refractivity contribution is 0.218. The van der Waals surface area contributed by atoms with E-state index in [4.69, 9.17) is 20.8 Å².